The second-order valence-electron chi connectivity index (χ2n) is 3.34. The fraction of sp³-hybridized carbons (Fsp3) is 0.400. The van der Waals surface area contributed by atoms with E-state index in [1.165, 1.54) is 12.1 Å². The van der Waals surface area contributed by atoms with Gasteiger partial charge in [0.1, 0.15) is 5.75 Å². The summed E-state index contributed by atoms with van der Waals surface area (Å²) in [5, 5.41) is 22.1. The average Bonchev–Trinajstić information content (AvgIpc) is 2.64. The van der Waals surface area contributed by atoms with E-state index in [1.807, 2.05) is 0 Å². The SMILES string of the molecule is CNCC(O)c1cc(O)cc2c1OCO2. The molecule has 0 saturated heterocycles. The van der Waals surface area contributed by atoms with Gasteiger partial charge in [0, 0.05) is 18.2 Å². The number of aromatic hydroxyl groups is 1. The van der Waals surface area contributed by atoms with Crippen molar-refractivity contribution in [3.63, 3.8) is 0 Å². The molecular formula is C10H13NO4. The van der Waals surface area contributed by atoms with Crippen molar-refractivity contribution in [2.75, 3.05) is 20.4 Å². The molecule has 15 heavy (non-hydrogen) atoms. The van der Waals surface area contributed by atoms with Crippen LogP contribution in [0, 0.1) is 0 Å². The molecule has 5 heteroatoms. The van der Waals surface area contributed by atoms with Gasteiger partial charge < -0.3 is 25.0 Å². The molecule has 1 aliphatic heterocycles. The number of aliphatic hydroxyl groups excluding tert-OH is 1. The summed E-state index contributed by atoms with van der Waals surface area (Å²) in [4.78, 5) is 0. The van der Waals surface area contributed by atoms with Crippen molar-refractivity contribution < 1.29 is 19.7 Å². The maximum atomic E-state index is 9.80. The number of ether oxygens (including phenoxy) is 2. The fourth-order valence-corrected chi connectivity index (χ4v) is 1.57. The predicted molar refractivity (Wildman–Crippen MR) is 53.1 cm³/mol. The largest absolute Gasteiger partial charge is 0.508 e. The number of aliphatic hydroxyl groups is 1. The van der Waals surface area contributed by atoms with E-state index >= 15 is 0 Å². The summed E-state index contributed by atoms with van der Waals surface area (Å²) in [5.41, 5.74) is 0.539. The van der Waals surface area contributed by atoms with Crippen LogP contribution >= 0.6 is 0 Å². The molecule has 2 rings (SSSR count). The van der Waals surface area contributed by atoms with Crippen LogP contribution in [-0.2, 0) is 0 Å². The van der Waals surface area contributed by atoms with Crippen molar-refractivity contribution in [1.82, 2.24) is 5.32 Å². The van der Waals surface area contributed by atoms with Crippen LogP contribution in [-0.4, -0.2) is 30.6 Å². The van der Waals surface area contributed by atoms with Crippen LogP contribution in [0.5, 0.6) is 17.2 Å². The first-order valence-electron chi connectivity index (χ1n) is 4.67. The van der Waals surface area contributed by atoms with Crippen LogP contribution in [0.15, 0.2) is 12.1 Å². The van der Waals surface area contributed by atoms with Gasteiger partial charge in [-0.15, -0.1) is 0 Å². The Morgan fingerprint density at radius 2 is 2.27 bits per heavy atom. The molecule has 1 atom stereocenters. The first-order chi connectivity index (χ1) is 7.22. The lowest BCUT2D eigenvalue weighted by Gasteiger charge is -2.13. The van der Waals surface area contributed by atoms with Crippen molar-refractivity contribution in [3.8, 4) is 17.2 Å². The molecule has 5 nitrogen and oxygen atoms in total. The zero-order chi connectivity index (χ0) is 10.8. The van der Waals surface area contributed by atoms with Gasteiger partial charge in [0.25, 0.3) is 0 Å². The summed E-state index contributed by atoms with van der Waals surface area (Å²) >= 11 is 0. The Hall–Kier alpha value is -1.46. The second kappa shape index (κ2) is 3.96. The highest BCUT2D eigenvalue weighted by atomic mass is 16.7. The highest BCUT2D eigenvalue weighted by Gasteiger charge is 2.23. The molecule has 0 saturated carbocycles. The van der Waals surface area contributed by atoms with Gasteiger partial charge in [-0.25, -0.2) is 0 Å². The lowest BCUT2D eigenvalue weighted by Crippen LogP contribution is -2.17. The first-order valence-corrected chi connectivity index (χ1v) is 4.67. The van der Waals surface area contributed by atoms with E-state index in [2.05, 4.69) is 5.32 Å². The van der Waals surface area contributed by atoms with Crippen LogP contribution < -0.4 is 14.8 Å². The molecular weight excluding hydrogens is 198 g/mol. The molecule has 1 aromatic carbocycles. The van der Waals surface area contributed by atoms with E-state index in [-0.39, 0.29) is 12.5 Å². The van der Waals surface area contributed by atoms with E-state index in [9.17, 15) is 10.2 Å². The molecule has 0 aliphatic carbocycles. The highest BCUT2D eigenvalue weighted by Crippen LogP contribution is 2.41. The van der Waals surface area contributed by atoms with Gasteiger partial charge >= 0.3 is 0 Å². The molecule has 0 fully saturated rings. The minimum Gasteiger partial charge on any atom is -0.508 e. The summed E-state index contributed by atoms with van der Waals surface area (Å²) in [7, 11) is 1.74. The van der Waals surface area contributed by atoms with Crippen molar-refractivity contribution in [3.05, 3.63) is 17.7 Å². The first kappa shape index (κ1) is 10.1. The monoisotopic (exact) mass is 211 g/mol. The molecule has 1 heterocycles. The van der Waals surface area contributed by atoms with E-state index in [1.54, 1.807) is 7.05 Å². The lowest BCUT2D eigenvalue weighted by atomic mass is 10.1. The van der Waals surface area contributed by atoms with Crippen LogP contribution in [0.3, 0.4) is 0 Å². The predicted octanol–water partition coefficient (Wildman–Crippen LogP) is 0.374. The van der Waals surface area contributed by atoms with Gasteiger partial charge in [0.2, 0.25) is 6.79 Å². The van der Waals surface area contributed by atoms with Gasteiger partial charge in [-0.2, -0.15) is 0 Å². The number of fused-ring (bicyclic) bond motifs is 1. The van der Waals surface area contributed by atoms with Gasteiger partial charge in [0.15, 0.2) is 11.5 Å². The third-order valence-electron chi connectivity index (χ3n) is 2.24. The summed E-state index contributed by atoms with van der Waals surface area (Å²) in [6.07, 6.45) is -0.724. The van der Waals surface area contributed by atoms with Gasteiger partial charge in [-0.3, -0.25) is 0 Å². The van der Waals surface area contributed by atoms with Gasteiger partial charge in [-0.1, -0.05) is 0 Å². The molecule has 1 unspecified atom stereocenters. The fourth-order valence-electron chi connectivity index (χ4n) is 1.57. The number of benzene rings is 1. The number of rotatable bonds is 3. The Balaban J connectivity index is 2.37. The van der Waals surface area contributed by atoms with Crippen LogP contribution in [0.1, 0.15) is 11.7 Å². The zero-order valence-corrected chi connectivity index (χ0v) is 8.36. The molecule has 3 N–H and O–H groups in total. The molecule has 0 amide bonds. The van der Waals surface area contributed by atoms with Crippen molar-refractivity contribution in [1.29, 1.82) is 0 Å². The van der Waals surface area contributed by atoms with Crippen molar-refractivity contribution in [2.24, 2.45) is 0 Å². The molecule has 1 aromatic rings. The number of phenolic OH excluding ortho intramolecular Hbond substituents is 1. The summed E-state index contributed by atoms with van der Waals surface area (Å²) in [6, 6.07) is 2.95. The number of likely N-dealkylation sites (N-methyl/N-ethyl adjacent to an activating group) is 1. The molecule has 0 bridgehead atoms. The Morgan fingerprint density at radius 1 is 1.47 bits per heavy atom. The molecule has 82 valence electrons. The third kappa shape index (κ3) is 1.84. The standard InChI is InChI=1S/C10H13NO4/c1-11-4-8(13)7-2-6(12)3-9-10(7)15-5-14-9/h2-3,8,11-13H,4-5H2,1H3. The maximum Gasteiger partial charge on any atom is 0.231 e. The molecule has 0 radical (unpaired) electrons. The zero-order valence-electron chi connectivity index (χ0n) is 8.36. The minimum absolute atomic E-state index is 0.0596. The van der Waals surface area contributed by atoms with Crippen molar-refractivity contribution >= 4 is 0 Å². The molecule has 0 spiro atoms. The van der Waals surface area contributed by atoms with E-state index in [0.29, 0.717) is 23.6 Å². The smallest absolute Gasteiger partial charge is 0.231 e. The Kier molecular flexibility index (Phi) is 2.66. The van der Waals surface area contributed by atoms with E-state index < -0.39 is 6.10 Å². The number of nitrogens with one attached hydrogen (secondary N) is 1. The Bertz CT molecular complexity index is 367. The van der Waals surface area contributed by atoms with Gasteiger partial charge in [0.05, 0.1) is 6.10 Å². The second-order valence-corrected chi connectivity index (χ2v) is 3.34. The summed E-state index contributed by atoms with van der Waals surface area (Å²) < 4.78 is 10.4. The van der Waals surface area contributed by atoms with E-state index in [4.69, 9.17) is 9.47 Å². The summed E-state index contributed by atoms with van der Waals surface area (Å²) in [6.45, 7) is 0.511. The van der Waals surface area contributed by atoms with Crippen molar-refractivity contribution in [2.45, 2.75) is 6.10 Å². The van der Waals surface area contributed by atoms with Crippen LogP contribution in [0.2, 0.25) is 0 Å². The quantitative estimate of drug-likeness (QED) is 0.674. The molecule has 0 aromatic heterocycles. The van der Waals surface area contributed by atoms with Gasteiger partial charge in [-0.05, 0) is 13.1 Å². The minimum atomic E-state index is -0.724. The normalized spacial score (nSPS) is 15.3. The maximum absolute atomic E-state index is 9.80. The average molecular weight is 211 g/mol. The number of phenols is 1. The summed E-state index contributed by atoms with van der Waals surface area (Å²) in [5.74, 6) is 1.04. The number of hydrogen-bond donors (Lipinski definition) is 3. The molecule has 1 aliphatic rings. The topological polar surface area (TPSA) is 71.0 Å². The number of hydrogen-bond acceptors (Lipinski definition) is 5. The Labute approximate surface area is 87.3 Å². The van der Waals surface area contributed by atoms with Crippen LogP contribution in [0.4, 0.5) is 0 Å². The Morgan fingerprint density at radius 3 is 3.00 bits per heavy atom. The van der Waals surface area contributed by atoms with E-state index in [0.717, 1.165) is 0 Å². The highest BCUT2D eigenvalue weighted by molar-refractivity contribution is 5.53. The third-order valence-corrected chi connectivity index (χ3v) is 2.24. The van der Waals surface area contributed by atoms with Crippen LogP contribution in [0.25, 0.3) is 0 Å². The lowest BCUT2D eigenvalue weighted by molar-refractivity contribution is 0.157.